The van der Waals surface area contributed by atoms with Crippen LogP contribution in [0.2, 0.25) is 0 Å². The summed E-state index contributed by atoms with van der Waals surface area (Å²) in [6, 6.07) is 26.4. The molecule has 0 aliphatic carbocycles. The van der Waals surface area contributed by atoms with Crippen LogP contribution in [0.15, 0.2) is 84.9 Å². The van der Waals surface area contributed by atoms with Gasteiger partial charge in [0.15, 0.2) is 5.78 Å². The van der Waals surface area contributed by atoms with E-state index >= 15 is 0 Å². The molecule has 0 heterocycles. The lowest BCUT2D eigenvalue weighted by molar-refractivity contribution is 0.0996. The average molecular weight is 326 g/mol. The topological polar surface area (TPSA) is 17.1 Å². The minimum absolute atomic E-state index is 0.145. The van der Waals surface area contributed by atoms with Crippen molar-refractivity contribution >= 4 is 11.4 Å². The van der Waals surface area contributed by atoms with E-state index in [0.717, 1.165) is 22.3 Å². The van der Waals surface area contributed by atoms with Gasteiger partial charge in [0.05, 0.1) is 0 Å². The molecule has 0 atom stereocenters. The molecule has 0 fully saturated rings. The lowest BCUT2D eigenvalue weighted by atomic mass is 9.99. The van der Waals surface area contributed by atoms with Gasteiger partial charge in [-0.1, -0.05) is 90.5 Å². The Kier molecular flexibility index (Phi) is 5.25. The third kappa shape index (κ3) is 4.33. The molecule has 0 aromatic heterocycles. The summed E-state index contributed by atoms with van der Waals surface area (Å²) in [6.45, 7) is 4.14. The Labute approximate surface area is 149 Å². The van der Waals surface area contributed by atoms with Crippen LogP contribution in [0.3, 0.4) is 0 Å². The summed E-state index contributed by atoms with van der Waals surface area (Å²) >= 11 is 0. The summed E-state index contributed by atoms with van der Waals surface area (Å²) in [6.07, 6.45) is 2.44. The second-order valence-electron chi connectivity index (χ2n) is 6.33. The molecule has 124 valence electrons. The minimum Gasteiger partial charge on any atom is -0.294 e. The first-order chi connectivity index (χ1) is 12.1. The van der Waals surface area contributed by atoms with Crippen molar-refractivity contribution in [1.82, 2.24) is 0 Å². The van der Waals surface area contributed by atoms with Crippen molar-refractivity contribution in [2.24, 2.45) is 0 Å². The molecular formula is C24H22O. The van der Waals surface area contributed by atoms with Gasteiger partial charge in [-0.15, -0.1) is 0 Å². The van der Waals surface area contributed by atoms with Gasteiger partial charge in [-0.05, 0) is 36.1 Å². The maximum absolute atomic E-state index is 12.5. The van der Waals surface area contributed by atoms with Crippen LogP contribution in [0.4, 0.5) is 0 Å². The van der Waals surface area contributed by atoms with Gasteiger partial charge in [-0.2, -0.15) is 0 Å². The summed E-state index contributed by atoms with van der Waals surface area (Å²) in [5, 5.41) is 0. The number of allylic oxidation sites excluding steroid dienone is 2. The molecule has 3 rings (SSSR count). The number of ketones is 1. The summed E-state index contributed by atoms with van der Waals surface area (Å²) in [5.41, 5.74) is 6.59. The summed E-state index contributed by atoms with van der Waals surface area (Å²) in [7, 11) is 0. The second-order valence-corrected chi connectivity index (χ2v) is 6.33. The van der Waals surface area contributed by atoms with Gasteiger partial charge in [0, 0.05) is 12.0 Å². The standard InChI is InChI=1S/C24H22O/c1-18-7-6-10-23(17-18)19(2)11-16-24(25)22-14-12-21(13-15-22)20-8-4-3-5-9-20/h3-15,17H,16H2,1-2H3/b19-11+. The maximum atomic E-state index is 12.5. The molecule has 3 aromatic carbocycles. The van der Waals surface area contributed by atoms with E-state index in [-0.39, 0.29) is 5.78 Å². The van der Waals surface area contributed by atoms with Crippen LogP contribution in [-0.4, -0.2) is 5.78 Å². The first-order valence-corrected chi connectivity index (χ1v) is 8.56. The zero-order chi connectivity index (χ0) is 17.6. The fourth-order valence-electron chi connectivity index (χ4n) is 2.85. The third-order valence-electron chi connectivity index (χ3n) is 4.38. The van der Waals surface area contributed by atoms with Crippen molar-refractivity contribution in [3.63, 3.8) is 0 Å². The molecule has 25 heavy (non-hydrogen) atoms. The smallest absolute Gasteiger partial charge is 0.166 e. The van der Waals surface area contributed by atoms with Crippen molar-refractivity contribution in [1.29, 1.82) is 0 Å². The van der Waals surface area contributed by atoms with Crippen LogP contribution in [-0.2, 0) is 0 Å². The van der Waals surface area contributed by atoms with Gasteiger partial charge >= 0.3 is 0 Å². The highest BCUT2D eigenvalue weighted by Crippen LogP contribution is 2.21. The predicted molar refractivity (Wildman–Crippen MR) is 106 cm³/mol. The molecule has 0 spiro atoms. The molecule has 0 aliphatic heterocycles. The first-order valence-electron chi connectivity index (χ1n) is 8.56. The fourth-order valence-corrected chi connectivity index (χ4v) is 2.85. The largest absolute Gasteiger partial charge is 0.294 e. The molecule has 1 heteroatoms. The van der Waals surface area contributed by atoms with E-state index in [1.165, 1.54) is 11.1 Å². The van der Waals surface area contributed by atoms with E-state index in [2.05, 4.69) is 44.2 Å². The Morgan fingerprint density at radius 1 is 0.800 bits per heavy atom. The van der Waals surface area contributed by atoms with Gasteiger partial charge in [-0.25, -0.2) is 0 Å². The quantitative estimate of drug-likeness (QED) is 0.500. The molecule has 0 aliphatic rings. The predicted octanol–water partition coefficient (Wildman–Crippen LogP) is 6.34. The highest BCUT2D eigenvalue weighted by Gasteiger charge is 2.06. The second kappa shape index (κ2) is 7.76. The number of carbonyl (C=O) groups excluding carboxylic acids is 1. The lowest BCUT2D eigenvalue weighted by Gasteiger charge is -2.05. The summed E-state index contributed by atoms with van der Waals surface area (Å²) in [5.74, 6) is 0.145. The van der Waals surface area contributed by atoms with Crippen LogP contribution in [0, 0.1) is 6.92 Å². The Hall–Kier alpha value is -2.93. The monoisotopic (exact) mass is 326 g/mol. The molecular weight excluding hydrogens is 304 g/mol. The molecule has 1 nitrogen and oxygen atoms in total. The van der Waals surface area contributed by atoms with Gasteiger partial charge in [-0.3, -0.25) is 4.79 Å². The SMILES string of the molecule is C/C(=C\CC(=O)c1ccc(-c2ccccc2)cc1)c1cccc(C)c1. The van der Waals surface area contributed by atoms with E-state index in [1.807, 2.05) is 54.6 Å². The van der Waals surface area contributed by atoms with Crippen LogP contribution < -0.4 is 0 Å². The van der Waals surface area contributed by atoms with Crippen LogP contribution in [0.25, 0.3) is 16.7 Å². The molecule has 0 saturated heterocycles. The molecule has 0 bridgehead atoms. The maximum Gasteiger partial charge on any atom is 0.166 e. The van der Waals surface area contributed by atoms with Crippen molar-refractivity contribution < 1.29 is 4.79 Å². The highest BCUT2D eigenvalue weighted by molar-refractivity contribution is 5.98. The number of carbonyl (C=O) groups is 1. The molecule has 0 saturated carbocycles. The van der Waals surface area contributed by atoms with Crippen LogP contribution in [0.5, 0.6) is 0 Å². The van der Waals surface area contributed by atoms with Crippen LogP contribution >= 0.6 is 0 Å². The minimum atomic E-state index is 0.145. The molecule has 0 radical (unpaired) electrons. The average Bonchev–Trinajstić information content (AvgIpc) is 2.66. The van der Waals surface area contributed by atoms with E-state index in [9.17, 15) is 4.79 Å². The van der Waals surface area contributed by atoms with E-state index < -0.39 is 0 Å². The van der Waals surface area contributed by atoms with Gasteiger partial charge in [0.25, 0.3) is 0 Å². The van der Waals surface area contributed by atoms with Crippen LogP contribution in [0.1, 0.15) is 34.8 Å². The Bertz CT molecular complexity index is 887. The lowest BCUT2D eigenvalue weighted by Crippen LogP contribution is -1.97. The zero-order valence-corrected chi connectivity index (χ0v) is 14.7. The number of benzene rings is 3. The highest BCUT2D eigenvalue weighted by atomic mass is 16.1. The molecule has 3 aromatic rings. The number of hydrogen-bond acceptors (Lipinski definition) is 1. The molecule has 0 N–H and O–H groups in total. The van der Waals surface area contributed by atoms with E-state index in [0.29, 0.717) is 6.42 Å². The van der Waals surface area contributed by atoms with Crippen molar-refractivity contribution in [3.05, 3.63) is 102 Å². The number of Topliss-reactive ketones (excluding diaryl/α,β-unsaturated/α-hetero) is 1. The van der Waals surface area contributed by atoms with E-state index in [1.54, 1.807) is 0 Å². The number of hydrogen-bond donors (Lipinski definition) is 0. The van der Waals surface area contributed by atoms with Gasteiger partial charge < -0.3 is 0 Å². The normalized spacial score (nSPS) is 11.4. The van der Waals surface area contributed by atoms with E-state index in [4.69, 9.17) is 0 Å². The van der Waals surface area contributed by atoms with Crippen molar-refractivity contribution in [3.8, 4) is 11.1 Å². The molecule has 0 unspecified atom stereocenters. The Morgan fingerprint density at radius 2 is 1.48 bits per heavy atom. The molecule has 0 amide bonds. The number of rotatable bonds is 5. The van der Waals surface area contributed by atoms with Crippen molar-refractivity contribution in [2.75, 3.05) is 0 Å². The van der Waals surface area contributed by atoms with Gasteiger partial charge in [0.2, 0.25) is 0 Å². The van der Waals surface area contributed by atoms with Crippen molar-refractivity contribution in [2.45, 2.75) is 20.3 Å². The number of aryl methyl sites for hydroxylation is 1. The third-order valence-corrected chi connectivity index (χ3v) is 4.38. The summed E-state index contributed by atoms with van der Waals surface area (Å²) in [4.78, 5) is 12.5. The Morgan fingerprint density at radius 3 is 2.16 bits per heavy atom. The fraction of sp³-hybridized carbons (Fsp3) is 0.125. The Balaban J connectivity index is 1.70. The first kappa shape index (κ1) is 16.9. The summed E-state index contributed by atoms with van der Waals surface area (Å²) < 4.78 is 0. The zero-order valence-electron chi connectivity index (χ0n) is 14.7. The van der Waals surface area contributed by atoms with Gasteiger partial charge in [0.1, 0.15) is 0 Å².